The first-order chi connectivity index (χ1) is 10.2. The van der Waals surface area contributed by atoms with Gasteiger partial charge in [-0.05, 0) is 50.5 Å². The lowest BCUT2D eigenvalue weighted by atomic mass is 10.2. The Hall–Kier alpha value is -2.04. The largest absolute Gasteiger partial charge is 0.385 e. The SMILES string of the molecule is CCNc1ccc(C(=O)NCCCC(=O)NC2CC2)cc1. The summed E-state index contributed by atoms with van der Waals surface area (Å²) >= 11 is 0. The number of hydrogen-bond donors (Lipinski definition) is 3. The Kier molecular flexibility index (Phi) is 5.60. The van der Waals surface area contributed by atoms with Crippen LogP contribution in [-0.4, -0.2) is 30.9 Å². The summed E-state index contributed by atoms with van der Waals surface area (Å²) < 4.78 is 0. The number of benzene rings is 1. The molecule has 3 N–H and O–H groups in total. The standard InChI is InChI=1S/C16H23N3O2/c1-2-17-13-7-5-12(6-8-13)16(21)18-11-3-4-15(20)19-14-9-10-14/h5-8,14,17H,2-4,9-11H2,1H3,(H,18,21)(H,19,20). The van der Waals surface area contributed by atoms with E-state index in [2.05, 4.69) is 16.0 Å². The third-order valence-corrected chi connectivity index (χ3v) is 3.34. The second kappa shape index (κ2) is 7.67. The Morgan fingerprint density at radius 3 is 2.52 bits per heavy atom. The van der Waals surface area contributed by atoms with Crippen LogP contribution in [0.15, 0.2) is 24.3 Å². The second-order valence-electron chi connectivity index (χ2n) is 5.31. The van der Waals surface area contributed by atoms with Crippen LogP contribution in [0.5, 0.6) is 0 Å². The topological polar surface area (TPSA) is 70.2 Å². The van der Waals surface area contributed by atoms with E-state index in [4.69, 9.17) is 0 Å². The highest BCUT2D eigenvalue weighted by Gasteiger charge is 2.22. The third kappa shape index (κ3) is 5.45. The summed E-state index contributed by atoms with van der Waals surface area (Å²) in [5.74, 6) is -0.0117. The fraction of sp³-hybridized carbons (Fsp3) is 0.500. The molecule has 114 valence electrons. The summed E-state index contributed by atoms with van der Waals surface area (Å²) in [6, 6.07) is 7.78. The zero-order valence-corrected chi connectivity index (χ0v) is 12.4. The van der Waals surface area contributed by atoms with Crippen molar-refractivity contribution in [2.24, 2.45) is 0 Å². The lowest BCUT2D eigenvalue weighted by Crippen LogP contribution is -2.28. The van der Waals surface area contributed by atoms with E-state index in [0.29, 0.717) is 31.0 Å². The van der Waals surface area contributed by atoms with Crippen molar-refractivity contribution in [1.82, 2.24) is 10.6 Å². The van der Waals surface area contributed by atoms with E-state index >= 15 is 0 Å². The molecular formula is C16H23N3O2. The molecule has 1 fully saturated rings. The predicted molar refractivity (Wildman–Crippen MR) is 83.3 cm³/mol. The van der Waals surface area contributed by atoms with Crippen LogP contribution in [0, 0.1) is 0 Å². The number of nitrogens with one attached hydrogen (secondary N) is 3. The molecule has 0 atom stereocenters. The van der Waals surface area contributed by atoms with Gasteiger partial charge in [0.05, 0.1) is 0 Å². The minimum absolute atomic E-state index is 0.0849. The minimum atomic E-state index is -0.0966. The molecule has 1 aliphatic rings. The predicted octanol–water partition coefficient (Wildman–Crippen LogP) is 1.91. The molecule has 1 aromatic carbocycles. The first kappa shape index (κ1) is 15.4. The summed E-state index contributed by atoms with van der Waals surface area (Å²) in [6.45, 7) is 3.40. The van der Waals surface area contributed by atoms with Crippen molar-refractivity contribution in [2.75, 3.05) is 18.4 Å². The maximum absolute atomic E-state index is 11.9. The van der Waals surface area contributed by atoms with Crippen molar-refractivity contribution in [3.8, 4) is 0 Å². The summed E-state index contributed by atoms with van der Waals surface area (Å²) in [4.78, 5) is 23.4. The molecule has 21 heavy (non-hydrogen) atoms. The smallest absolute Gasteiger partial charge is 0.251 e. The normalized spacial score (nSPS) is 13.6. The fourth-order valence-electron chi connectivity index (χ4n) is 2.02. The van der Waals surface area contributed by atoms with E-state index in [-0.39, 0.29) is 11.8 Å². The highest BCUT2D eigenvalue weighted by Crippen LogP contribution is 2.18. The lowest BCUT2D eigenvalue weighted by Gasteiger charge is -2.07. The van der Waals surface area contributed by atoms with Crippen LogP contribution in [0.3, 0.4) is 0 Å². The third-order valence-electron chi connectivity index (χ3n) is 3.34. The monoisotopic (exact) mass is 289 g/mol. The molecule has 2 amide bonds. The average Bonchev–Trinajstić information content (AvgIpc) is 3.28. The Labute approximate surface area is 125 Å². The number of carbonyl (C=O) groups is 2. The fourth-order valence-corrected chi connectivity index (χ4v) is 2.02. The van der Waals surface area contributed by atoms with Gasteiger partial charge in [-0.25, -0.2) is 0 Å². The van der Waals surface area contributed by atoms with Gasteiger partial charge in [-0.2, -0.15) is 0 Å². The van der Waals surface area contributed by atoms with Gasteiger partial charge in [-0.1, -0.05) is 0 Å². The van der Waals surface area contributed by atoms with E-state index in [9.17, 15) is 9.59 Å². The van der Waals surface area contributed by atoms with Gasteiger partial charge in [0.15, 0.2) is 0 Å². The Bertz CT molecular complexity index is 481. The quantitative estimate of drug-likeness (QED) is 0.640. The molecule has 0 aliphatic heterocycles. The highest BCUT2D eigenvalue weighted by atomic mass is 16.2. The zero-order valence-electron chi connectivity index (χ0n) is 12.4. The summed E-state index contributed by atoms with van der Waals surface area (Å²) in [6.07, 6.45) is 3.34. The summed E-state index contributed by atoms with van der Waals surface area (Å²) in [5, 5.41) is 8.95. The number of rotatable bonds is 8. The Morgan fingerprint density at radius 1 is 1.19 bits per heavy atom. The first-order valence-corrected chi connectivity index (χ1v) is 7.60. The van der Waals surface area contributed by atoms with Gasteiger partial charge in [-0.3, -0.25) is 9.59 Å². The molecule has 0 saturated heterocycles. The van der Waals surface area contributed by atoms with Gasteiger partial charge in [0.1, 0.15) is 0 Å². The number of amides is 2. The maximum atomic E-state index is 11.9. The van der Waals surface area contributed by atoms with E-state index < -0.39 is 0 Å². The maximum Gasteiger partial charge on any atom is 0.251 e. The molecule has 1 aliphatic carbocycles. The van der Waals surface area contributed by atoms with Crippen molar-refractivity contribution in [3.05, 3.63) is 29.8 Å². The molecule has 2 rings (SSSR count). The van der Waals surface area contributed by atoms with Gasteiger partial charge in [0, 0.05) is 36.8 Å². The van der Waals surface area contributed by atoms with Gasteiger partial charge >= 0.3 is 0 Å². The zero-order chi connectivity index (χ0) is 15.1. The number of carbonyl (C=O) groups excluding carboxylic acids is 2. The lowest BCUT2D eigenvalue weighted by molar-refractivity contribution is -0.121. The van der Waals surface area contributed by atoms with E-state index in [1.54, 1.807) is 12.1 Å². The molecule has 0 unspecified atom stereocenters. The van der Waals surface area contributed by atoms with Gasteiger partial charge in [0.2, 0.25) is 5.91 Å². The molecule has 0 radical (unpaired) electrons. The van der Waals surface area contributed by atoms with Crippen LogP contribution in [0.2, 0.25) is 0 Å². The van der Waals surface area contributed by atoms with Crippen molar-refractivity contribution < 1.29 is 9.59 Å². The number of anilines is 1. The molecule has 5 heteroatoms. The van der Waals surface area contributed by atoms with E-state index in [1.807, 2.05) is 19.1 Å². The molecule has 1 aromatic rings. The van der Waals surface area contributed by atoms with E-state index in [1.165, 1.54) is 0 Å². The van der Waals surface area contributed by atoms with Crippen molar-refractivity contribution in [1.29, 1.82) is 0 Å². The van der Waals surface area contributed by atoms with Crippen molar-refractivity contribution in [3.63, 3.8) is 0 Å². The van der Waals surface area contributed by atoms with Crippen LogP contribution in [-0.2, 0) is 4.79 Å². The Balaban J connectivity index is 1.65. The van der Waals surface area contributed by atoms with Crippen LogP contribution >= 0.6 is 0 Å². The molecule has 0 bridgehead atoms. The number of hydrogen-bond acceptors (Lipinski definition) is 3. The Morgan fingerprint density at radius 2 is 1.90 bits per heavy atom. The average molecular weight is 289 g/mol. The first-order valence-electron chi connectivity index (χ1n) is 7.60. The molecule has 0 aromatic heterocycles. The summed E-state index contributed by atoms with van der Waals surface area (Å²) in [5.41, 5.74) is 1.64. The highest BCUT2D eigenvalue weighted by molar-refractivity contribution is 5.94. The molecular weight excluding hydrogens is 266 g/mol. The molecule has 0 spiro atoms. The van der Waals surface area contributed by atoms with Crippen LogP contribution in [0.4, 0.5) is 5.69 Å². The van der Waals surface area contributed by atoms with Gasteiger partial charge < -0.3 is 16.0 Å². The minimum Gasteiger partial charge on any atom is -0.385 e. The van der Waals surface area contributed by atoms with Crippen molar-refractivity contribution in [2.45, 2.75) is 38.6 Å². The molecule has 5 nitrogen and oxygen atoms in total. The second-order valence-corrected chi connectivity index (χ2v) is 5.31. The van der Waals surface area contributed by atoms with Gasteiger partial charge in [0.25, 0.3) is 5.91 Å². The summed E-state index contributed by atoms with van der Waals surface area (Å²) in [7, 11) is 0. The van der Waals surface area contributed by atoms with Crippen LogP contribution in [0.25, 0.3) is 0 Å². The van der Waals surface area contributed by atoms with Gasteiger partial charge in [-0.15, -0.1) is 0 Å². The van der Waals surface area contributed by atoms with Crippen LogP contribution < -0.4 is 16.0 Å². The molecule has 1 saturated carbocycles. The molecule has 0 heterocycles. The van der Waals surface area contributed by atoms with Crippen molar-refractivity contribution >= 4 is 17.5 Å². The van der Waals surface area contributed by atoms with E-state index in [0.717, 1.165) is 25.1 Å². The van der Waals surface area contributed by atoms with Crippen LogP contribution in [0.1, 0.15) is 43.0 Å².